The monoisotopic (exact) mass is 382 g/mol. The highest BCUT2D eigenvalue weighted by atomic mass is 19.1. The van der Waals surface area contributed by atoms with Gasteiger partial charge in [-0.15, -0.1) is 0 Å². The highest BCUT2D eigenvalue weighted by Crippen LogP contribution is 2.35. The van der Waals surface area contributed by atoms with Crippen molar-refractivity contribution in [1.29, 1.82) is 0 Å². The Hall–Kier alpha value is -2.82. The first kappa shape index (κ1) is 18.5. The Kier molecular flexibility index (Phi) is 4.61. The lowest BCUT2D eigenvalue weighted by Crippen LogP contribution is -2.07. The van der Waals surface area contributed by atoms with Gasteiger partial charge in [-0.05, 0) is 53.3 Å². The van der Waals surface area contributed by atoms with E-state index < -0.39 is 0 Å². The molecule has 2 aromatic carbocycles. The van der Waals surface area contributed by atoms with Crippen molar-refractivity contribution in [2.24, 2.45) is 0 Å². The first-order chi connectivity index (χ1) is 13.4. The van der Waals surface area contributed by atoms with Gasteiger partial charge in [0, 0.05) is 29.7 Å². The van der Waals surface area contributed by atoms with E-state index in [9.17, 15) is 8.78 Å². The van der Waals surface area contributed by atoms with E-state index in [2.05, 4.69) is 30.3 Å². The summed E-state index contributed by atoms with van der Waals surface area (Å²) in [6.45, 7) is 6.81. The van der Waals surface area contributed by atoms with E-state index in [0.717, 1.165) is 27.4 Å². The molecular weight excluding hydrogens is 358 g/mol. The number of H-pyrrole nitrogens is 1. The highest BCUT2D eigenvalue weighted by molar-refractivity contribution is 5.89. The van der Waals surface area contributed by atoms with Gasteiger partial charge in [-0.1, -0.05) is 20.8 Å². The molecule has 146 valence electrons. The first-order valence-electron chi connectivity index (χ1n) is 9.52. The number of aromatic nitrogens is 2. The van der Waals surface area contributed by atoms with Gasteiger partial charge in [0.25, 0.3) is 0 Å². The second kappa shape index (κ2) is 6.97. The summed E-state index contributed by atoms with van der Waals surface area (Å²) >= 11 is 0. The fourth-order valence-corrected chi connectivity index (χ4v) is 4.12. The van der Waals surface area contributed by atoms with Crippen LogP contribution in [0.3, 0.4) is 0 Å². The fraction of sp³-hybridized carbons (Fsp3) is 0.304. The van der Waals surface area contributed by atoms with E-state index in [-0.39, 0.29) is 29.2 Å². The Morgan fingerprint density at radius 1 is 1.04 bits per heavy atom. The number of rotatable bonds is 5. The maximum absolute atomic E-state index is 14.5. The molecule has 0 saturated heterocycles. The van der Waals surface area contributed by atoms with E-state index in [1.165, 1.54) is 7.11 Å². The number of nitrogens with one attached hydrogen (secondary N) is 1. The van der Waals surface area contributed by atoms with E-state index in [0.29, 0.717) is 12.1 Å². The number of nitrogens with zero attached hydrogens (tertiary/aromatic N) is 1. The Morgan fingerprint density at radius 3 is 2.54 bits per heavy atom. The SMILES string of the molecule is COc1c(F)cc(C(C)Cn2ccc3c(C(C)C)cc(F)cc32)c2cc[nH]c12. The second-order valence-corrected chi connectivity index (χ2v) is 7.70. The smallest absolute Gasteiger partial charge is 0.178 e. The molecule has 1 atom stereocenters. The zero-order chi connectivity index (χ0) is 20.0. The molecule has 0 spiro atoms. The average Bonchev–Trinajstić information content (AvgIpc) is 3.28. The van der Waals surface area contributed by atoms with Gasteiger partial charge in [0.05, 0.1) is 18.1 Å². The summed E-state index contributed by atoms with van der Waals surface area (Å²) in [5.41, 5.74) is 3.44. The van der Waals surface area contributed by atoms with Crippen LogP contribution in [0, 0.1) is 11.6 Å². The average molecular weight is 382 g/mol. The number of hydrogen-bond donors (Lipinski definition) is 1. The molecule has 0 fully saturated rings. The molecule has 0 saturated carbocycles. The molecule has 4 rings (SSSR count). The Bertz CT molecular complexity index is 1160. The summed E-state index contributed by atoms with van der Waals surface area (Å²) in [4.78, 5) is 3.07. The predicted molar refractivity (Wildman–Crippen MR) is 109 cm³/mol. The molecule has 1 N–H and O–H groups in total. The minimum Gasteiger partial charge on any atom is -0.492 e. The number of methoxy groups -OCH3 is 1. The van der Waals surface area contributed by atoms with Crippen molar-refractivity contribution in [1.82, 2.24) is 9.55 Å². The van der Waals surface area contributed by atoms with Crippen LogP contribution in [0.1, 0.15) is 43.7 Å². The minimum atomic E-state index is -0.384. The van der Waals surface area contributed by atoms with Crippen LogP contribution >= 0.6 is 0 Å². The zero-order valence-electron chi connectivity index (χ0n) is 16.5. The molecule has 2 aromatic heterocycles. The summed E-state index contributed by atoms with van der Waals surface area (Å²) in [6.07, 6.45) is 3.78. The van der Waals surface area contributed by atoms with Crippen molar-refractivity contribution >= 4 is 21.8 Å². The number of aromatic amines is 1. The molecule has 0 bridgehead atoms. The Morgan fingerprint density at radius 2 is 1.82 bits per heavy atom. The molecular formula is C23H24F2N2O. The molecule has 28 heavy (non-hydrogen) atoms. The lowest BCUT2D eigenvalue weighted by atomic mass is 9.96. The lowest BCUT2D eigenvalue weighted by Gasteiger charge is -2.17. The molecule has 1 unspecified atom stereocenters. The highest BCUT2D eigenvalue weighted by Gasteiger charge is 2.19. The van der Waals surface area contributed by atoms with Crippen LogP contribution < -0.4 is 4.74 Å². The third kappa shape index (κ3) is 2.95. The van der Waals surface area contributed by atoms with E-state index in [1.54, 1.807) is 24.4 Å². The normalized spacial score (nSPS) is 13.0. The molecule has 3 nitrogen and oxygen atoms in total. The number of hydrogen-bond acceptors (Lipinski definition) is 1. The van der Waals surface area contributed by atoms with Crippen LogP contribution in [-0.2, 0) is 6.54 Å². The van der Waals surface area contributed by atoms with Crippen LogP contribution in [0.2, 0.25) is 0 Å². The zero-order valence-corrected chi connectivity index (χ0v) is 16.5. The summed E-state index contributed by atoms with van der Waals surface area (Å²) in [5, 5.41) is 2.01. The largest absolute Gasteiger partial charge is 0.492 e. The van der Waals surface area contributed by atoms with Gasteiger partial charge in [-0.25, -0.2) is 8.78 Å². The van der Waals surface area contributed by atoms with Crippen LogP contribution in [0.25, 0.3) is 21.8 Å². The molecule has 0 aliphatic carbocycles. The maximum atomic E-state index is 14.5. The summed E-state index contributed by atoms with van der Waals surface area (Å²) in [6, 6.07) is 8.72. The number of halogens is 2. The third-order valence-electron chi connectivity index (χ3n) is 5.50. The van der Waals surface area contributed by atoms with Crippen molar-refractivity contribution in [2.45, 2.75) is 39.2 Å². The van der Waals surface area contributed by atoms with E-state index in [1.807, 2.05) is 18.3 Å². The van der Waals surface area contributed by atoms with Crippen molar-refractivity contribution in [3.05, 3.63) is 65.5 Å². The van der Waals surface area contributed by atoms with Crippen LogP contribution in [0.5, 0.6) is 5.75 Å². The van der Waals surface area contributed by atoms with Gasteiger partial charge < -0.3 is 14.3 Å². The molecule has 2 heterocycles. The van der Waals surface area contributed by atoms with Crippen molar-refractivity contribution in [3.63, 3.8) is 0 Å². The topological polar surface area (TPSA) is 29.9 Å². The van der Waals surface area contributed by atoms with Gasteiger partial charge in [-0.3, -0.25) is 0 Å². The first-order valence-corrected chi connectivity index (χ1v) is 9.52. The molecule has 4 aromatic rings. The number of ether oxygens (including phenoxy) is 1. The lowest BCUT2D eigenvalue weighted by molar-refractivity contribution is 0.390. The predicted octanol–water partition coefficient (Wildman–Crippen LogP) is 6.34. The van der Waals surface area contributed by atoms with Gasteiger partial charge in [0.2, 0.25) is 0 Å². The third-order valence-corrected chi connectivity index (χ3v) is 5.50. The molecule has 0 aliphatic heterocycles. The molecule has 0 amide bonds. The van der Waals surface area contributed by atoms with Gasteiger partial charge in [0.15, 0.2) is 11.6 Å². The Labute approximate surface area is 162 Å². The molecule has 0 aliphatic rings. The van der Waals surface area contributed by atoms with Gasteiger partial charge >= 0.3 is 0 Å². The quantitative estimate of drug-likeness (QED) is 0.429. The molecule has 5 heteroatoms. The van der Waals surface area contributed by atoms with E-state index >= 15 is 0 Å². The van der Waals surface area contributed by atoms with Crippen molar-refractivity contribution in [3.8, 4) is 5.75 Å². The summed E-state index contributed by atoms with van der Waals surface area (Å²) in [5.74, 6) is -0.121. The van der Waals surface area contributed by atoms with Crippen LogP contribution in [0.15, 0.2) is 42.7 Å². The van der Waals surface area contributed by atoms with Crippen LogP contribution in [0.4, 0.5) is 8.78 Å². The van der Waals surface area contributed by atoms with Gasteiger partial charge in [0.1, 0.15) is 5.82 Å². The summed E-state index contributed by atoms with van der Waals surface area (Å²) < 4.78 is 36.0. The van der Waals surface area contributed by atoms with Crippen molar-refractivity contribution < 1.29 is 13.5 Å². The van der Waals surface area contributed by atoms with E-state index in [4.69, 9.17) is 4.74 Å². The number of fused-ring (bicyclic) bond motifs is 2. The summed E-state index contributed by atoms with van der Waals surface area (Å²) in [7, 11) is 1.47. The van der Waals surface area contributed by atoms with Crippen molar-refractivity contribution in [2.75, 3.05) is 7.11 Å². The van der Waals surface area contributed by atoms with Gasteiger partial charge in [-0.2, -0.15) is 0 Å². The number of benzene rings is 2. The minimum absolute atomic E-state index is 0.0278. The van der Waals surface area contributed by atoms with Crippen LogP contribution in [-0.4, -0.2) is 16.7 Å². The maximum Gasteiger partial charge on any atom is 0.178 e. The molecule has 0 radical (unpaired) electrons. The standard InChI is InChI=1S/C23H24F2N2O/c1-13(2)18-9-15(24)10-21-16(18)6-8-27(21)12-14(3)19-11-20(25)23(28-4)22-17(19)5-7-26-22/h5-11,13-14,26H,12H2,1-4H3. The fourth-order valence-electron chi connectivity index (χ4n) is 4.12. The Balaban J connectivity index is 1.77. The second-order valence-electron chi connectivity index (χ2n) is 7.70.